The number of hydrogen-bond donors (Lipinski definition) is 2. The molecule has 0 radical (unpaired) electrons. The van der Waals surface area contributed by atoms with Gasteiger partial charge in [0.15, 0.2) is 0 Å². The molecule has 0 atom stereocenters. The monoisotopic (exact) mass is 184 g/mol. The van der Waals surface area contributed by atoms with Gasteiger partial charge in [-0.1, -0.05) is 18.7 Å². The molecule has 1 rings (SSSR count). The van der Waals surface area contributed by atoms with Crippen molar-refractivity contribution in [2.24, 2.45) is 0 Å². The van der Waals surface area contributed by atoms with E-state index in [1.807, 2.05) is 0 Å². The number of nitriles is 2. The number of nitrogens with two attached hydrogens (primary N) is 2. The lowest BCUT2D eigenvalue weighted by Gasteiger charge is -2.00. The van der Waals surface area contributed by atoms with Crippen LogP contribution in [-0.2, 0) is 0 Å². The lowest BCUT2D eigenvalue weighted by atomic mass is 10.1. The molecule has 0 aliphatic carbocycles. The first-order valence-electron chi connectivity index (χ1n) is 3.79. The Bertz CT molecular complexity index is 542. The first-order chi connectivity index (χ1) is 6.61. The first kappa shape index (κ1) is 9.63. The highest BCUT2D eigenvalue weighted by Crippen LogP contribution is 2.02. The van der Waals surface area contributed by atoms with Gasteiger partial charge in [0.05, 0.1) is 11.4 Å². The van der Waals surface area contributed by atoms with E-state index >= 15 is 0 Å². The molecular formula is C10H8N4. The molecule has 1 aromatic carbocycles. The summed E-state index contributed by atoms with van der Waals surface area (Å²) in [7, 11) is 0. The van der Waals surface area contributed by atoms with Crippen molar-refractivity contribution in [2.45, 2.75) is 0 Å². The van der Waals surface area contributed by atoms with E-state index in [0.717, 1.165) is 0 Å². The van der Waals surface area contributed by atoms with Crippen LogP contribution < -0.4 is 21.9 Å². The van der Waals surface area contributed by atoms with E-state index in [2.05, 4.69) is 6.58 Å². The van der Waals surface area contributed by atoms with Crippen LogP contribution in [0.3, 0.4) is 0 Å². The molecule has 0 bridgehead atoms. The van der Waals surface area contributed by atoms with Gasteiger partial charge in [-0.25, -0.2) is 0 Å². The van der Waals surface area contributed by atoms with Crippen molar-refractivity contribution in [3.05, 3.63) is 22.6 Å². The minimum atomic E-state index is -0.0470. The molecule has 14 heavy (non-hydrogen) atoms. The summed E-state index contributed by atoms with van der Waals surface area (Å²) < 4.78 is 0. The number of benzene rings is 1. The molecule has 0 saturated carbocycles. The first-order valence-corrected chi connectivity index (χ1v) is 3.79. The second-order valence-corrected chi connectivity index (χ2v) is 2.70. The normalized spacial score (nSPS) is 8.71. The average molecular weight is 184 g/mol. The average Bonchev–Trinajstić information content (AvgIpc) is 2.19. The van der Waals surface area contributed by atoms with E-state index in [1.165, 1.54) is 0 Å². The highest BCUT2D eigenvalue weighted by Gasteiger charge is 2.02. The van der Waals surface area contributed by atoms with Crippen molar-refractivity contribution in [3.8, 4) is 12.1 Å². The molecule has 68 valence electrons. The Labute approximate surface area is 81.0 Å². The molecule has 0 aliphatic heterocycles. The second-order valence-electron chi connectivity index (χ2n) is 2.70. The predicted octanol–water partition coefficient (Wildman–Crippen LogP) is -0.541. The molecule has 0 aliphatic rings. The van der Waals surface area contributed by atoms with Crippen molar-refractivity contribution >= 4 is 23.5 Å². The van der Waals surface area contributed by atoms with Gasteiger partial charge in [0.2, 0.25) is 0 Å². The third-order valence-electron chi connectivity index (χ3n) is 1.87. The summed E-state index contributed by atoms with van der Waals surface area (Å²) in [4.78, 5) is 0. The summed E-state index contributed by atoms with van der Waals surface area (Å²) in [5, 5.41) is 18.2. The number of nitrogen functional groups attached to an aromatic ring is 2. The fourth-order valence-electron chi connectivity index (χ4n) is 1.04. The number of rotatable bonds is 0. The predicted molar refractivity (Wildman–Crippen MR) is 54.7 cm³/mol. The molecule has 4 heteroatoms. The Morgan fingerprint density at radius 2 is 1.71 bits per heavy atom. The molecule has 0 unspecified atom stereocenters. The van der Waals surface area contributed by atoms with Crippen LogP contribution in [0.2, 0.25) is 0 Å². The number of nitrogens with zero attached hydrogens (tertiary/aromatic N) is 2. The Morgan fingerprint density at radius 1 is 1.14 bits per heavy atom. The third-order valence-corrected chi connectivity index (χ3v) is 1.87. The third kappa shape index (κ3) is 1.37. The van der Waals surface area contributed by atoms with Gasteiger partial charge in [-0.05, 0) is 5.22 Å². The van der Waals surface area contributed by atoms with Gasteiger partial charge in [-0.2, -0.15) is 10.5 Å². The lowest BCUT2D eigenvalue weighted by molar-refractivity contribution is 1.48. The zero-order chi connectivity index (χ0) is 10.7. The lowest BCUT2D eigenvalue weighted by Crippen LogP contribution is -2.20. The van der Waals surface area contributed by atoms with Crippen molar-refractivity contribution < 1.29 is 0 Å². The standard InChI is InChI=1S/C10H8N4/c1-6-2-3-8(7(4-11)5-12)10(14)9(6)13/h2-3H,1,13-14H2. The molecule has 0 heterocycles. The Hall–Kier alpha value is -2.46. The minimum absolute atomic E-state index is 0.0470. The van der Waals surface area contributed by atoms with Gasteiger partial charge in [0.1, 0.15) is 17.7 Å². The maximum atomic E-state index is 8.64. The summed E-state index contributed by atoms with van der Waals surface area (Å²) in [6, 6.07) is 6.70. The summed E-state index contributed by atoms with van der Waals surface area (Å²) in [6.45, 7) is 3.65. The molecular weight excluding hydrogens is 176 g/mol. The van der Waals surface area contributed by atoms with Crippen molar-refractivity contribution in [2.75, 3.05) is 11.5 Å². The van der Waals surface area contributed by atoms with Gasteiger partial charge in [0.25, 0.3) is 0 Å². The maximum absolute atomic E-state index is 8.64. The van der Waals surface area contributed by atoms with Crippen LogP contribution in [0.1, 0.15) is 0 Å². The quantitative estimate of drug-likeness (QED) is 0.529. The molecule has 4 N–H and O–H groups in total. The van der Waals surface area contributed by atoms with Crippen LogP contribution >= 0.6 is 0 Å². The fourth-order valence-corrected chi connectivity index (χ4v) is 1.04. The van der Waals surface area contributed by atoms with Crippen LogP contribution in [0.15, 0.2) is 12.1 Å². The zero-order valence-electron chi connectivity index (χ0n) is 7.41. The Balaban J connectivity index is 3.82. The van der Waals surface area contributed by atoms with E-state index in [1.54, 1.807) is 24.3 Å². The smallest absolute Gasteiger partial charge is 0.139 e. The highest BCUT2D eigenvalue weighted by atomic mass is 14.7. The highest BCUT2D eigenvalue weighted by molar-refractivity contribution is 5.79. The van der Waals surface area contributed by atoms with E-state index in [4.69, 9.17) is 22.0 Å². The summed E-state index contributed by atoms with van der Waals surface area (Å²) in [6.07, 6.45) is 0. The summed E-state index contributed by atoms with van der Waals surface area (Å²) in [5.41, 5.74) is 11.8. The Kier molecular flexibility index (Phi) is 2.41. The molecule has 4 nitrogen and oxygen atoms in total. The zero-order valence-corrected chi connectivity index (χ0v) is 7.41. The summed E-state index contributed by atoms with van der Waals surface area (Å²) in [5.74, 6) is 0. The van der Waals surface area contributed by atoms with Crippen molar-refractivity contribution in [1.82, 2.24) is 0 Å². The number of hydrogen-bond acceptors (Lipinski definition) is 4. The molecule has 0 amide bonds. The van der Waals surface area contributed by atoms with Gasteiger partial charge in [0, 0.05) is 5.22 Å². The van der Waals surface area contributed by atoms with Gasteiger partial charge in [-0.3, -0.25) is 0 Å². The van der Waals surface area contributed by atoms with Crippen LogP contribution in [-0.4, -0.2) is 0 Å². The van der Waals surface area contributed by atoms with Gasteiger partial charge < -0.3 is 11.5 Å². The fraction of sp³-hybridized carbons (Fsp3) is 0. The van der Waals surface area contributed by atoms with Crippen LogP contribution in [0.5, 0.6) is 0 Å². The van der Waals surface area contributed by atoms with E-state index in [0.29, 0.717) is 16.1 Å². The van der Waals surface area contributed by atoms with E-state index in [9.17, 15) is 0 Å². The van der Waals surface area contributed by atoms with Crippen molar-refractivity contribution in [1.29, 1.82) is 10.5 Å². The van der Waals surface area contributed by atoms with E-state index < -0.39 is 0 Å². The molecule has 0 spiro atoms. The molecule has 0 saturated heterocycles. The second kappa shape index (κ2) is 3.51. The topological polar surface area (TPSA) is 99.6 Å². The van der Waals surface area contributed by atoms with Crippen molar-refractivity contribution in [3.63, 3.8) is 0 Å². The minimum Gasteiger partial charge on any atom is -0.397 e. The molecule has 0 aromatic heterocycles. The largest absolute Gasteiger partial charge is 0.397 e. The van der Waals surface area contributed by atoms with Crippen LogP contribution in [0, 0.1) is 22.7 Å². The summed E-state index contributed by atoms with van der Waals surface area (Å²) >= 11 is 0. The number of anilines is 2. The van der Waals surface area contributed by atoms with Crippen LogP contribution in [0.25, 0.3) is 12.2 Å². The van der Waals surface area contributed by atoms with Gasteiger partial charge >= 0.3 is 0 Å². The maximum Gasteiger partial charge on any atom is 0.139 e. The molecule has 0 fully saturated rings. The van der Waals surface area contributed by atoms with Crippen LogP contribution in [0.4, 0.5) is 11.4 Å². The molecule has 1 aromatic rings. The van der Waals surface area contributed by atoms with E-state index in [-0.39, 0.29) is 11.3 Å². The SMILES string of the molecule is C=c1ccc(=C(C#N)C#N)c(N)c1N. The Morgan fingerprint density at radius 3 is 2.21 bits per heavy atom. The van der Waals surface area contributed by atoms with Gasteiger partial charge in [-0.15, -0.1) is 0 Å².